The summed E-state index contributed by atoms with van der Waals surface area (Å²) in [4.78, 5) is 13.4. The predicted octanol–water partition coefficient (Wildman–Crippen LogP) is 3.05. The molecule has 2 aliphatic rings. The van der Waals surface area contributed by atoms with Crippen LogP contribution in [-0.4, -0.2) is 63.2 Å². The minimum absolute atomic E-state index is 0.214. The first-order valence-electron chi connectivity index (χ1n) is 11.2. The quantitative estimate of drug-likeness (QED) is 0.777. The molecule has 2 fully saturated rings. The number of hydrogen-bond donors (Lipinski definition) is 1. The molecule has 0 aliphatic carbocycles. The maximum Gasteiger partial charge on any atom is 0.115 e. The summed E-state index contributed by atoms with van der Waals surface area (Å²) in [6.07, 6.45) is 9.80. The van der Waals surface area contributed by atoms with Crippen molar-refractivity contribution in [3.05, 3.63) is 59.7 Å². The molecule has 1 N–H and O–H groups in total. The Morgan fingerprint density at radius 2 is 1.87 bits per heavy atom. The van der Waals surface area contributed by atoms with Crippen LogP contribution in [0.5, 0.6) is 0 Å². The van der Waals surface area contributed by atoms with Crippen molar-refractivity contribution in [2.75, 3.05) is 26.2 Å². The molecule has 0 unspecified atom stereocenters. The van der Waals surface area contributed by atoms with Gasteiger partial charge < -0.3 is 5.11 Å². The SMILES string of the molecule is CCCC#Cc1ccc([C@@H]2[C@@H](CO)N3CCCCN(Cc4cncnc4)C[C@H]23)cc1. The molecule has 158 valence electrons. The van der Waals surface area contributed by atoms with Gasteiger partial charge in [0.1, 0.15) is 6.33 Å². The standard InChI is InChI=1S/C25H32N4O/c1-2-3-4-7-20-8-10-22(11-9-20)25-23-17-28(16-21-14-26-19-27-15-21)12-5-6-13-29(23)24(25)18-30/h8-11,14-15,19,23-25,30H,2-3,5-6,12-13,16-18H2,1H3/t23-,24-,25+/m1/s1. The molecule has 3 atom stereocenters. The second-order valence-corrected chi connectivity index (χ2v) is 8.44. The zero-order valence-electron chi connectivity index (χ0n) is 17.9. The first kappa shape index (κ1) is 21.0. The topological polar surface area (TPSA) is 52.5 Å². The number of nitrogens with zero attached hydrogens (tertiary/aromatic N) is 4. The van der Waals surface area contributed by atoms with Gasteiger partial charge >= 0.3 is 0 Å². The minimum atomic E-state index is 0.214. The lowest BCUT2D eigenvalue weighted by Gasteiger charge is -2.57. The fourth-order valence-corrected chi connectivity index (χ4v) is 4.90. The molecule has 2 saturated heterocycles. The van der Waals surface area contributed by atoms with Gasteiger partial charge in [-0.25, -0.2) is 9.97 Å². The number of aliphatic hydroxyl groups is 1. The summed E-state index contributed by atoms with van der Waals surface area (Å²) in [7, 11) is 0. The van der Waals surface area contributed by atoms with E-state index in [1.54, 1.807) is 6.33 Å². The van der Waals surface area contributed by atoms with E-state index in [1.807, 2.05) is 12.4 Å². The van der Waals surface area contributed by atoms with Crippen LogP contribution in [0.25, 0.3) is 0 Å². The molecule has 0 spiro atoms. The molecular formula is C25H32N4O. The van der Waals surface area contributed by atoms with Crippen LogP contribution in [0.3, 0.4) is 0 Å². The van der Waals surface area contributed by atoms with Crippen LogP contribution in [0.15, 0.2) is 43.0 Å². The predicted molar refractivity (Wildman–Crippen MR) is 119 cm³/mol. The van der Waals surface area contributed by atoms with Crippen molar-refractivity contribution < 1.29 is 5.11 Å². The monoisotopic (exact) mass is 404 g/mol. The Hall–Kier alpha value is -2.26. The van der Waals surface area contributed by atoms with E-state index < -0.39 is 0 Å². The number of benzene rings is 1. The van der Waals surface area contributed by atoms with E-state index in [9.17, 15) is 5.11 Å². The smallest absolute Gasteiger partial charge is 0.115 e. The van der Waals surface area contributed by atoms with Crippen LogP contribution in [0.1, 0.15) is 55.2 Å². The number of unbranched alkanes of at least 4 members (excludes halogenated alkanes) is 1. The summed E-state index contributed by atoms with van der Waals surface area (Å²) >= 11 is 0. The Kier molecular flexibility index (Phi) is 7.11. The summed E-state index contributed by atoms with van der Waals surface area (Å²) in [5.74, 6) is 6.84. The van der Waals surface area contributed by atoms with Crippen LogP contribution < -0.4 is 0 Å². The van der Waals surface area contributed by atoms with Gasteiger partial charge in [0.25, 0.3) is 0 Å². The van der Waals surface area contributed by atoms with E-state index in [-0.39, 0.29) is 12.6 Å². The van der Waals surface area contributed by atoms with Crippen molar-refractivity contribution in [1.82, 2.24) is 19.8 Å². The molecule has 5 heteroatoms. The highest BCUT2D eigenvalue weighted by molar-refractivity contribution is 5.39. The Labute approximate surface area is 180 Å². The molecular weight excluding hydrogens is 372 g/mol. The molecule has 30 heavy (non-hydrogen) atoms. The average Bonchev–Trinajstić information content (AvgIpc) is 2.76. The summed E-state index contributed by atoms with van der Waals surface area (Å²) in [6, 6.07) is 9.36. The van der Waals surface area contributed by atoms with E-state index in [2.05, 4.69) is 62.8 Å². The van der Waals surface area contributed by atoms with Gasteiger partial charge in [-0.05, 0) is 50.0 Å². The van der Waals surface area contributed by atoms with Crippen LogP contribution in [0.4, 0.5) is 0 Å². The van der Waals surface area contributed by atoms with Gasteiger partial charge in [-0.1, -0.05) is 30.9 Å². The molecule has 0 bridgehead atoms. The summed E-state index contributed by atoms with van der Waals surface area (Å²) in [5, 5.41) is 10.1. The maximum atomic E-state index is 10.1. The Balaban J connectivity index is 1.50. The lowest BCUT2D eigenvalue weighted by Crippen LogP contribution is -2.67. The third-order valence-corrected chi connectivity index (χ3v) is 6.38. The number of rotatable bonds is 5. The maximum absolute atomic E-state index is 10.1. The highest BCUT2D eigenvalue weighted by Crippen LogP contribution is 2.42. The highest BCUT2D eigenvalue weighted by atomic mass is 16.3. The summed E-state index contributed by atoms with van der Waals surface area (Å²) < 4.78 is 0. The van der Waals surface area contributed by atoms with Crippen molar-refractivity contribution >= 4 is 0 Å². The number of hydrogen-bond acceptors (Lipinski definition) is 5. The summed E-state index contributed by atoms with van der Waals surface area (Å²) in [6.45, 7) is 6.43. The fourth-order valence-electron chi connectivity index (χ4n) is 4.90. The van der Waals surface area contributed by atoms with Crippen LogP contribution in [-0.2, 0) is 6.54 Å². The Morgan fingerprint density at radius 1 is 1.10 bits per heavy atom. The second-order valence-electron chi connectivity index (χ2n) is 8.44. The Bertz CT molecular complexity index is 858. The zero-order valence-corrected chi connectivity index (χ0v) is 17.9. The van der Waals surface area contributed by atoms with E-state index in [0.29, 0.717) is 12.0 Å². The molecule has 1 aromatic heterocycles. The molecule has 4 rings (SSSR count). The first-order valence-corrected chi connectivity index (χ1v) is 11.2. The zero-order chi connectivity index (χ0) is 20.8. The van der Waals surface area contributed by atoms with Crippen LogP contribution >= 0.6 is 0 Å². The van der Waals surface area contributed by atoms with Crippen LogP contribution in [0.2, 0.25) is 0 Å². The molecule has 2 aromatic rings. The largest absolute Gasteiger partial charge is 0.395 e. The minimum Gasteiger partial charge on any atom is -0.395 e. The van der Waals surface area contributed by atoms with Gasteiger partial charge in [-0.3, -0.25) is 9.80 Å². The van der Waals surface area contributed by atoms with Crippen molar-refractivity contribution in [3.8, 4) is 11.8 Å². The van der Waals surface area contributed by atoms with Crippen molar-refractivity contribution in [3.63, 3.8) is 0 Å². The van der Waals surface area contributed by atoms with Gasteiger partial charge in [-0.15, -0.1) is 0 Å². The van der Waals surface area contributed by atoms with E-state index in [1.165, 1.54) is 18.4 Å². The third kappa shape index (κ3) is 4.73. The van der Waals surface area contributed by atoms with E-state index in [4.69, 9.17) is 0 Å². The number of fused-ring (bicyclic) bond motifs is 1. The van der Waals surface area contributed by atoms with Gasteiger partial charge in [-0.2, -0.15) is 0 Å². The molecule has 3 heterocycles. The van der Waals surface area contributed by atoms with Crippen molar-refractivity contribution in [2.45, 2.75) is 57.2 Å². The molecule has 0 amide bonds. The second kappa shape index (κ2) is 10.2. The van der Waals surface area contributed by atoms with Gasteiger partial charge in [0.2, 0.25) is 0 Å². The summed E-state index contributed by atoms with van der Waals surface area (Å²) in [5.41, 5.74) is 3.56. The highest BCUT2D eigenvalue weighted by Gasteiger charge is 2.48. The fraction of sp³-hybridized carbons (Fsp3) is 0.520. The van der Waals surface area contributed by atoms with Gasteiger partial charge in [0, 0.05) is 61.0 Å². The molecule has 5 nitrogen and oxygen atoms in total. The van der Waals surface area contributed by atoms with Crippen LogP contribution in [0, 0.1) is 11.8 Å². The first-order chi connectivity index (χ1) is 14.8. The van der Waals surface area contributed by atoms with Gasteiger partial charge in [0.05, 0.1) is 6.61 Å². The molecule has 1 aromatic carbocycles. The van der Waals surface area contributed by atoms with Crippen molar-refractivity contribution in [2.24, 2.45) is 0 Å². The van der Waals surface area contributed by atoms with E-state index in [0.717, 1.165) is 50.1 Å². The number of aliphatic hydroxyl groups excluding tert-OH is 1. The van der Waals surface area contributed by atoms with Gasteiger partial charge in [0.15, 0.2) is 0 Å². The van der Waals surface area contributed by atoms with Crippen molar-refractivity contribution in [1.29, 1.82) is 0 Å². The Morgan fingerprint density at radius 3 is 2.60 bits per heavy atom. The average molecular weight is 405 g/mol. The molecule has 0 saturated carbocycles. The normalized spacial score (nSPS) is 24.7. The van der Waals surface area contributed by atoms with E-state index >= 15 is 0 Å². The lowest BCUT2D eigenvalue weighted by atomic mass is 9.74. The molecule has 2 aliphatic heterocycles. The molecule has 0 radical (unpaired) electrons. The third-order valence-electron chi connectivity index (χ3n) is 6.38. The number of aromatic nitrogens is 2. The lowest BCUT2D eigenvalue weighted by molar-refractivity contribution is -0.0655.